The number of carbonyl (C=O) groups is 2. The number of amides is 2. The summed E-state index contributed by atoms with van der Waals surface area (Å²) in [6.45, 7) is 6.47. The van der Waals surface area contributed by atoms with Gasteiger partial charge in [-0.05, 0) is 31.4 Å². The Balaban J connectivity index is 2.48. The lowest BCUT2D eigenvalue weighted by molar-refractivity contribution is -0.136. The lowest BCUT2D eigenvalue weighted by atomic mass is 10.1. The van der Waals surface area contributed by atoms with Crippen molar-refractivity contribution in [3.05, 3.63) is 29.3 Å². The van der Waals surface area contributed by atoms with Crippen molar-refractivity contribution in [3.8, 4) is 5.75 Å². The average Bonchev–Trinajstić information content (AvgIpc) is 2.44. The molecule has 0 aliphatic heterocycles. The smallest absolute Gasteiger partial charge is 0.260 e. The highest BCUT2D eigenvalue weighted by Gasteiger charge is 2.14. The van der Waals surface area contributed by atoms with Gasteiger partial charge in [-0.3, -0.25) is 9.59 Å². The number of aryl methyl sites for hydroxylation is 2. The molecule has 0 saturated carbocycles. The molecule has 1 aromatic carbocycles. The molecule has 0 spiro atoms. The zero-order valence-corrected chi connectivity index (χ0v) is 13.2. The second-order valence-corrected chi connectivity index (χ2v) is 5.11. The molecular weight excluding hydrogens is 268 g/mol. The Morgan fingerprint density at radius 1 is 1.24 bits per heavy atom. The van der Waals surface area contributed by atoms with Crippen LogP contribution in [0.4, 0.5) is 0 Å². The van der Waals surface area contributed by atoms with Gasteiger partial charge in [-0.15, -0.1) is 0 Å². The topological polar surface area (TPSA) is 58.6 Å². The van der Waals surface area contributed by atoms with Crippen LogP contribution >= 0.6 is 0 Å². The lowest BCUT2D eigenvalue weighted by Crippen LogP contribution is -2.40. The monoisotopic (exact) mass is 292 g/mol. The van der Waals surface area contributed by atoms with Crippen LogP contribution in [0.3, 0.4) is 0 Å². The molecule has 0 bridgehead atoms. The molecule has 0 saturated heterocycles. The first kappa shape index (κ1) is 17.0. The van der Waals surface area contributed by atoms with Crippen molar-refractivity contribution < 1.29 is 14.3 Å². The zero-order valence-electron chi connectivity index (χ0n) is 13.2. The summed E-state index contributed by atoms with van der Waals surface area (Å²) in [6, 6.07) is 5.83. The van der Waals surface area contributed by atoms with Gasteiger partial charge in [-0.1, -0.05) is 25.1 Å². The van der Waals surface area contributed by atoms with Crippen LogP contribution in [0.2, 0.25) is 0 Å². The maximum atomic E-state index is 12.0. The first-order valence-electron chi connectivity index (χ1n) is 7.15. The number of rotatable bonds is 7. The Morgan fingerprint density at radius 3 is 2.43 bits per heavy atom. The lowest BCUT2D eigenvalue weighted by Gasteiger charge is -2.18. The normalized spacial score (nSPS) is 10.1. The van der Waals surface area contributed by atoms with E-state index in [1.165, 1.54) is 4.90 Å². The quantitative estimate of drug-likeness (QED) is 0.831. The van der Waals surface area contributed by atoms with Gasteiger partial charge in [-0.25, -0.2) is 0 Å². The van der Waals surface area contributed by atoms with Crippen molar-refractivity contribution in [1.82, 2.24) is 10.2 Å². The summed E-state index contributed by atoms with van der Waals surface area (Å²) in [5, 5.41) is 2.74. The van der Waals surface area contributed by atoms with Crippen molar-refractivity contribution in [2.45, 2.75) is 27.2 Å². The number of ether oxygens (including phenoxy) is 1. The number of hydrogen-bond acceptors (Lipinski definition) is 3. The second-order valence-electron chi connectivity index (χ2n) is 5.11. The molecular formula is C16H24N2O3. The highest BCUT2D eigenvalue weighted by molar-refractivity contribution is 5.85. The van der Waals surface area contributed by atoms with Crippen molar-refractivity contribution in [3.63, 3.8) is 0 Å². The van der Waals surface area contributed by atoms with E-state index in [4.69, 9.17) is 4.74 Å². The standard InChI is InChI=1S/C16H24N2O3/c1-5-9-17-14(19)10-18(4)15(20)11-21-16-12(2)7-6-8-13(16)3/h6-8H,5,9-11H2,1-4H3,(H,17,19). The van der Waals surface area contributed by atoms with Gasteiger partial charge in [0.15, 0.2) is 6.61 Å². The fourth-order valence-corrected chi connectivity index (χ4v) is 1.89. The molecule has 1 aromatic rings. The first-order chi connectivity index (χ1) is 9.95. The summed E-state index contributed by atoms with van der Waals surface area (Å²) in [7, 11) is 1.60. The first-order valence-corrected chi connectivity index (χ1v) is 7.15. The van der Waals surface area contributed by atoms with Crippen LogP contribution in [0.25, 0.3) is 0 Å². The molecule has 2 amide bonds. The van der Waals surface area contributed by atoms with Crippen molar-refractivity contribution in [2.24, 2.45) is 0 Å². The van der Waals surface area contributed by atoms with Crippen molar-refractivity contribution in [1.29, 1.82) is 0 Å². The Morgan fingerprint density at radius 2 is 1.86 bits per heavy atom. The van der Waals surface area contributed by atoms with E-state index < -0.39 is 0 Å². The molecule has 1 N–H and O–H groups in total. The van der Waals surface area contributed by atoms with Gasteiger partial charge in [0.2, 0.25) is 5.91 Å². The van der Waals surface area contributed by atoms with E-state index in [0.717, 1.165) is 23.3 Å². The van der Waals surface area contributed by atoms with Crippen LogP contribution < -0.4 is 10.1 Å². The maximum absolute atomic E-state index is 12.0. The van der Waals surface area contributed by atoms with E-state index in [1.54, 1.807) is 7.05 Å². The molecule has 0 aliphatic rings. The van der Waals surface area contributed by atoms with E-state index >= 15 is 0 Å². The molecule has 5 heteroatoms. The average molecular weight is 292 g/mol. The van der Waals surface area contributed by atoms with Crippen LogP contribution in [0.1, 0.15) is 24.5 Å². The van der Waals surface area contributed by atoms with E-state index in [9.17, 15) is 9.59 Å². The number of hydrogen-bond donors (Lipinski definition) is 1. The minimum absolute atomic E-state index is 0.0505. The van der Waals surface area contributed by atoms with Crippen LogP contribution in [-0.2, 0) is 9.59 Å². The number of benzene rings is 1. The summed E-state index contributed by atoms with van der Waals surface area (Å²) in [5.41, 5.74) is 1.98. The summed E-state index contributed by atoms with van der Waals surface area (Å²) >= 11 is 0. The van der Waals surface area contributed by atoms with E-state index in [-0.39, 0.29) is 25.0 Å². The molecule has 0 radical (unpaired) electrons. The largest absolute Gasteiger partial charge is 0.483 e. The summed E-state index contributed by atoms with van der Waals surface area (Å²) in [6.07, 6.45) is 0.874. The van der Waals surface area contributed by atoms with Gasteiger partial charge in [0.05, 0.1) is 6.54 Å². The predicted molar refractivity (Wildman–Crippen MR) is 82.3 cm³/mol. The van der Waals surface area contributed by atoms with Crippen LogP contribution in [-0.4, -0.2) is 43.5 Å². The minimum atomic E-state index is -0.218. The predicted octanol–water partition coefficient (Wildman–Crippen LogP) is 1.67. The van der Waals surface area contributed by atoms with Crippen LogP contribution in [0, 0.1) is 13.8 Å². The number of para-hydroxylation sites is 1. The molecule has 116 valence electrons. The van der Waals surface area contributed by atoms with Gasteiger partial charge < -0.3 is 15.0 Å². The molecule has 1 rings (SSSR count). The van der Waals surface area contributed by atoms with E-state index in [0.29, 0.717) is 6.54 Å². The van der Waals surface area contributed by atoms with E-state index in [1.807, 2.05) is 39.0 Å². The van der Waals surface area contributed by atoms with Gasteiger partial charge in [-0.2, -0.15) is 0 Å². The Labute approximate surface area is 126 Å². The molecule has 0 fully saturated rings. The molecule has 0 heterocycles. The Hall–Kier alpha value is -2.04. The van der Waals surface area contributed by atoms with Gasteiger partial charge in [0.1, 0.15) is 5.75 Å². The van der Waals surface area contributed by atoms with Crippen LogP contribution in [0.15, 0.2) is 18.2 Å². The highest BCUT2D eigenvalue weighted by Crippen LogP contribution is 2.22. The zero-order chi connectivity index (χ0) is 15.8. The van der Waals surface area contributed by atoms with E-state index in [2.05, 4.69) is 5.32 Å². The molecule has 5 nitrogen and oxygen atoms in total. The fraction of sp³-hybridized carbons (Fsp3) is 0.500. The Kier molecular flexibility index (Phi) is 6.72. The third-order valence-electron chi connectivity index (χ3n) is 3.13. The summed E-state index contributed by atoms with van der Waals surface area (Å²) in [4.78, 5) is 24.9. The summed E-state index contributed by atoms with van der Waals surface area (Å²) < 4.78 is 5.59. The van der Waals surface area contributed by atoms with Crippen molar-refractivity contribution >= 4 is 11.8 Å². The fourth-order valence-electron chi connectivity index (χ4n) is 1.89. The second kappa shape index (κ2) is 8.29. The third kappa shape index (κ3) is 5.45. The van der Waals surface area contributed by atoms with Gasteiger partial charge in [0.25, 0.3) is 5.91 Å². The highest BCUT2D eigenvalue weighted by atomic mass is 16.5. The molecule has 0 atom stereocenters. The minimum Gasteiger partial charge on any atom is -0.483 e. The molecule has 0 aliphatic carbocycles. The molecule has 0 unspecified atom stereocenters. The summed E-state index contributed by atoms with van der Waals surface area (Å²) in [5.74, 6) is 0.360. The molecule has 21 heavy (non-hydrogen) atoms. The van der Waals surface area contributed by atoms with Crippen LogP contribution in [0.5, 0.6) is 5.75 Å². The van der Waals surface area contributed by atoms with Gasteiger partial charge in [0, 0.05) is 13.6 Å². The Bertz CT molecular complexity index is 480. The number of likely N-dealkylation sites (N-methyl/N-ethyl adjacent to an activating group) is 1. The van der Waals surface area contributed by atoms with Gasteiger partial charge >= 0.3 is 0 Å². The maximum Gasteiger partial charge on any atom is 0.260 e. The molecule has 0 aromatic heterocycles. The van der Waals surface area contributed by atoms with Crippen molar-refractivity contribution in [2.75, 3.05) is 26.7 Å². The third-order valence-corrected chi connectivity index (χ3v) is 3.13. The SMILES string of the molecule is CCCNC(=O)CN(C)C(=O)COc1c(C)cccc1C. The number of carbonyl (C=O) groups excluding carboxylic acids is 2. The number of nitrogens with one attached hydrogen (secondary N) is 1. The number of nitrogens with zero attached hydrogens (tertiary/aromatic N) is 1.